The van der Waals surface area contributed by atoms with Gasteiger partial charge in [0.2, 0.25) is 5.91 Å². The molecule has 9 nitrogen and oxygen atoms in total. The second-order valence-electron chi connectivity index (χ2n) is 12.0. The number of aliphatic hydroxyl groups excluding tert-OH is 1. The summed E-state index contributed by atoms with van der Waals surface area (Å²) < 4.78 is 17.8. The van der Waals surface area contributed by atoms with Crippen molar-refractivity contribution in [3.8, 4) is 5.75 Å². The molecule has 1 N–H and O–H groups in total. The van der Waals surface area contributed by atoms with Gasteiger partial charge in [-0.15, -0.1) is 13.2 Å². The highest BCUT2D eigenvalue weighted by atomic mass is 16.6. The minimum atomic E-state index is -1.27. The summed E-state index contributed by atoms with van der Waals surface area (Å²) in [5.41, 5.74) is -0.964. The third-order valence-electron chi connectivity index (χ3n) is 9.40. The van der Waals surface area contributed by atoms with E-state index in [2.05, 4.69) is 13.2 Å². The lowest BCUT2D eigenvalue weighted by Gasteiger charge is -2.39. The first-order valence-electron chi connectivity index (χ1n) is 15.3. The molecule has 2 bridgehead atoms. The van der Waals surface area contributed by atoms with Crippen LogP contribution in [0.3, 0.4) is 0 Å². The summed E-state index contributed by atoms with van der Waals surface area (Å²) in [6.07, 6.45) is 6.69. The van der Waals surface area contributed by atoms with Gasteiger partial charge in [-0.1, -0.05) is 42.5 Å². The Hall–Kier alpha value is -3.95. The van der Waals surface area contributed by atoms with Crippen molar-refractivity contribution in [2.45, 2.75) is 62.3 Å². The van der Waals surface area contributed by atoms with Gasteiger partial charge in [0.05, 0.1) is 37.9 Å². The molecule has 2 amide bonds. The van der Waals surface area contributed by atoms with Gasteiger partial charge >= 0.3 is 5.97 Å². The van der Waals surface area contributed by atoms with E-state index in [-0.39, 0.29) is 19.1 Å². The quantitative estimate of drug-likeness (QED) is 0.191. The SMILES string of the molecule is C=CCCCCOC(=O)[C@H]1[C@H]2C(=O)N([C@H](CO)c3ccccc3)C(C(=O)N(CC=C)c3ccc(OC)cc3)C23CC[C@]1(C)O3. The van der Waals surface area contributed by atoms with Crippen LogP contribution in [0.25, 0.3) is 0 Å². The molecule has 2 aromatic rings. The second kappa shape index (κ2) is 13.0. The Morgan fingerprint density at radius 3 is 2.48 bits per heavy atom. The Kier molecular flexibility index (Phi) is 9.27. The number of unbranched alkanes of at least 4 members (excludes halogenated alkanes) is 2. The number of ether oxygens (including phenoxy) is 3. The number of allylic oxidation sites excluding steroid dienone is 1. The van der Waals surface area contributed by atoms with Crippen LogP contribution in [0.15, 0.2) is 79.9 Å². The third-order valence-corrected chi connectivity index (χ3v) is 9.40. The van der Waals surface area contributed by atoms with Crippen LogP contribution in [0, 0.1) is 11.8 Å². The van der Waals surface area contributed by atoms with Gasteiger partial charge in [-0.25, -0.2) is 0 Å². The maximum Gasteiger partial charge on any atom is 0.312 e. The van der Waals surface area contributed by atoms with Crippen molar-refractivity contribution in [1.29, 1.82) is 0 Å². The summed E-state index contributed by atoms with van der Waals surface area (Å²) >= 11 is 0. The van der Waals surface area contributed by atoms with E-state index in [1.165, 1.54) is 4.90 Å². The number of amides is 2. The highest BCUT2D eigenvalue weighted by Crippen LogP contribution is 2.64. The van der Waals surface area contributed by atoms with E-state index in [4.69, 9.17) is 14.2 Å². The van der Waals surface area contributed by atoms with E-state index in [1.54, 1.807) is 42.4 Å². The summed E-state index contributed by atoms with van der Waals surface area (Å²) in [6.45, 7) is 9.43. The summed E-state index contributed by atoms with van der Waals surface area (Å²) in [5, 5.41) is 10.7. The first kappa shape index (κ1) is 31.5. The zero-order valence-corrected chi connectivity index (χ0v) is 25.5. The monoisotopic (exact) mass is 602 g/mol. The average Bonchev–Trinajstić information content (AvgIpc) is 3.61. The molecule has 0 aliphatic carbocycles. The molecule has 234 valence electrons. The smallest absolute Gasteiger partial charge is 0.312 e. The van der Waals surface area contributed by atoms with E-state index in [1.807, 2.05) is 43.3 Å². The van der Waals surface area contributed by atoms with Crippen LogP contribution >= 0.6 is 0 Å². The molecule has 1 spiro atoms. The zero-order valence-electron chi connectivity index (χ0n) is 25.5. The molecule has 3 saturated heterocycles. The predicted octanol–water partition coefficient (Wildman–Crippen LogP) is 4.61. The first-order chi connectivity index (χ1) is 21.3. The maximum atomic E-state index is 14.8. The number of benzene rings is 2. The lowest BCUT2D eigenvalue weighted by Crippen LogP contribution is -2.57. The van der Waals surface area contributed by atoms with Crippen LogP contribution in [0.1, 0.15) is 50.6 Å². The molecule has 0 aromatic heterocycles. The molecule has 3 fully saturated rings. The topological polar surface area (TPSA) is 106 Å². The fraction of sp³-hybridized carbons (Fsp3) is 0.457. The minimum Gasteiger partial charge on any atom is -0.497 e. The fourth-order valence-electron chi connectivity index (χ4n) is 7.38. The molecule has 2 aromatic carbocycles. The van der Waals surface area contributed by atoms with Crippen molar-refractivity contribution in [2.24, 2.45) is 11.8 Å². The summed E-state index contributed by atoms with van der Waals surface area (Å²) in [5.74, 6) is -2.43. The van der Waals surface area contributed by atoms with Crippen LogP contribution < -0.4 is 9.64 Å². The molecule has 5 rings (SSSR count). The van der Waals surface area contributed by atoms with E-state index >= 15 is 0 Å². The Morgan fingerprint density at radius 1 is 1.11 bits per heavy atom. The Bertz CT molecular complexity index is 1380. The molecule has 0 saturated carbocycles. The summed E-state index contributed by atoms with van der Waals surface area (Å²) in [7, 11) is 1.57. The Morgan fingerprint density at radius 2 is 1.84 bits per heavy atom. The minimum absolute atomic E-state index is 0.174. The number of fused-ring (bicyclic) bond motifs is 1. The van der Waals surface area contributed by atoms with Gasteiger partial charge in [0, 0.05) is 12.2 Å². The van der Waals surface area contributed by atoms with Crippen molar-refractivity contribution in [1.82, 2.24) is 4.90 Å². The van der Waals surface area contributed by atoms with E-state index in [0.29, 0.717) is 36.3 Å². The van der Waals surface area contributed by atoms with Gasteiger partial charge in [-0.2, -0.15) is 0 Å². The van der Waals surface area contributed by atoms with Gasteiger partial charge < -0.3 is 29.1 Å². The van der Waals surface area contributed by atoms with Crippen molar-refractivity contribution in [3.63, 3.8) is 0 Å². The Labute approximate surface area is 259 Å². The van der Waals surface area contributed by atoms with Crippen LogP contribution in [0.5, 0.6) is 5.75 Å². The van der Waals surface area contributed by atoms with Gasteiger partial charge in [0.15, 0.2) is 0 Å². The third kappa shape index (κ3) is 5.32. The fourth-order valence-corrected chi connectivity index (χ4v) is 7.38. The van der Waals surface area contributed by atoms with E-state index in [9.17, 15) is 19.5 Å². The van der Waals surface area contributed by atoms with Crippen molar-refractivity contribution in [3.05, 3.63) is 85.5 Å². The molecule has 6 atom stereocenters. The number of anilines is 1. The van der Waals surface area contributed by atoms with Gasteiger partial charge in [0.25, 0.3) is 5.91 Å². The van der Waals surface area contributed by atoms with Crippen LogP contribution in [-0.4, -0.2) is 71.9 Å². The number of hydrogen-bond donors (Lipinski definition) is 1. The second-order valence-corrected chi connectivity index (χ2v) is 12.0. The summed E-state index contributed by atoms with van der Waals surface area (Å²) in [6, 6.07) is 14.3. The van der Waals surface area contributed by atoms with E-state index < -0.39 is 53.6 Å². The van der Waals surface area contributed by atoms with Crippen molar-refractivity contribution >= 4 is 23.5 Å². The molecular weight excluding hydrogens is 560 g/mol. The van der Waals surface area contributed by atoms with Crippen molar-refractivity contribution in [2.75, 3.05) is 31.8 Å². The number of likely N-dealkylation sites (tertiary alicyclic amines) is 1. The molecule has 0 radical (unpaired) electrons. The molecule has 3 aliphatic heterocycles. The number of carbonyl (C=O) groups is 3. The number of esters is 1. The molecule has 3 heterocycles. The van der Waals surface area contributed by atoms with Crippen LogP contribution in [0.2, 0.25) is 0 Å². The van der Waals surface area contributed by atoms with Crippen LogP contribution in [-0.2, 0) is 23.9 Å². The maximum absolute atomic E-state index is 14.8. The molecular formula is C35H42N2O7. The number of methoxy groups -OCH3 is 1. The van der Waals surface area contributed by atoms with Gasteiger partial charge in [0.1, 0.15) is 23.3 Å². The lowest BCUT2D eigenvalue weighted by atomic mass is 9.66. The predicted molar refractivity (Wildman–Crippen MR) is 166 cm³/mol. The number of rotatable bonds is 14. The highest BCUT2D eigenvalue weighted by Gasteiger charge is 2.79. The van der Waals surface area contributed by atoms with Gasteiger partial charge in [-0.3, -0.25) is 14.4 Å². The number of aliphatic hydroxyl groups is 1. The molecule has 44 heavy (non-hydrogen) atoms. The average molecular weight is 603 g/mol. The number of carbonyl (C=O) groups excluding carboxylic acids is 3. The van der Waals surface area contributed by atoms with Crippen LogP contribution in [0.4, 0.5) is 5.69 Å². The summed E-state index contributed by atoms with van der Waals surface area (Å²) in [4.78, 5) is 46.2. The molecule has 9 heteroatoms. The lowest BCUT2D eigenvalue weighted by molar-refractivity contribution is -0.160. The van der Waals surface area contributed by atoms with Gasteiger partial charge in [-0.05, 0) is 68.9 Å². The largest absolute Gasteiger partial charge is 0.497 e. The highest BCUT2D eigenvalue weighted by molar-refractivity contribution is 6.05. The first-order valence-corrected chi connectivity index (χ1v) is 15.3. The van der Waals surface area contributed by atoms with E-state index in [0.717, 1.165) is 12.8 Å². The standard InChI is InChI=1S/C35H42N2O7/c1-5-7-8-12-22-43-33(41)29-28-31(39)37(27(23-38)24-13-10-9-11-14-24)30(35(28)20-19-34(29,3)44-35)32(40)36(21-6-2)25-15-17-26(42-4)18-16-25/h5-6,9-11,13-18,27-30,38H,1-2,7-8,12,19-23H2,3-4H3/t27-,28+,29-,30?,34+,35?/m1/s1. The molecule has 2 unspecified atom stereocenters. The Balaban J connectivity index is 1.57. The zero-order chi connectivity index (χ0) is 31.5. The number of hydrogen-bond acceptors (Lipinski definition) is 7. The van der Waals surface area contributed by atoms with Crippen molar-refractivity contribution < 1.29 is 33.7 Å². The molecule has 3 aliphatic rings. The normalized spacial score (nSPS) is 27.5. The number of nitrogens with zero attached hydrogens (tertiary/aromatic N) is 2.